The average molecular weight is 353 g/mol. The lowest BCUT2D eigenvalue weighted by molar-refractivity contribution is -0.121. The van der Waals surface area contributed by atoms with Crippen LogP contribution in [0.15, 0.2) is 16.6 Å². The summed E-state index contributed by atoms with van der Waals surface area (Å²) in [4.78, 5) is 11.1. The molecule has 0 aromatic heterocycles. The van der Waals surface area contributed by atoms with Gasteiger partial charge in [0.05, 0.1) is 0 Å². The molecule has 1 aliphatic heterocycles. The molecule has 4 heteroatoms. The minimum absolute atomic E-state index is 0.139. The highest BCUT2D eigenvalue weighted by molar-refractivity contribution is 14.1. The zero-order valence-corrected chi connectivity index (χ0v) is 10.4. The van der Waals surface area contributed by atoms with Crippen LogP contribution < -0.4 is 4.74 Å². The smallest absolute Gasteiger partial charge is 0.174 e. The molecule has 0 unspecified atom stereocenters. The Morgan fingerprint density at radius 2 is 2.23 bits per heavy atom. The van der Waals surface area contributed by atoms with Crippen molar-refractivity contribution in [3.05, 3.63) is 25.7 Å². The van der Waals surface area contributed by atoms with Crippen LogP contribution in [-0.4, -0.2) is 12.4 Å². The van der Waals surface area contributed by atoms with Gasteiger partial charge in [-0.15, -0.1) is 0 Å². The SMILES string of the molecule is O=C1COc2cc(I)c(Br)cc2C1. The molecule has 2 nitrogen and oxygen atoms in total. The first-order valence-electron chi connectivity index (χ1n) is 3.79. The van der Waals surface area contributed by atoms with Crippen LogP contribution in [0.4, 0.5) is 0 Å². The van der Waals surface area contributed by atoms with Crippen LogP contribution in [0.5, 0.6) is 5.75 Å². The fraction of sp³-hybridized carbons (Fsp3) is 0.222. The van der Waals surface area contributed by atoms with Crippen molar-refractivity contribution in [1.82, 2.24) is 0 Å². The summed E-state index contributed by atoms with van der Waals surface area (Å²) in [6.45, 7) is 0.213. The van der Waals surface area contributed by atoms with Crippen molar-refractivity contribution in [2.24, 2.45) is 0 Å². The third-order valence-electron chi connectivity index (χ3n) is 1.88. The van der Waals surface area contributed by atoms with Crippen molar-refractivity contribution < 1.29 is 9.53 Å². The summed E-state index contributed by atoms with van der Waals surface area (Å²) in [6, 6.07) is 3.90. The van der Waals surface area contributed by atoms with Gasteiger partial charge in [0.2, 0.25) is 0 Å². The van der Waals surface area contributed by atoms with Gasteiger partial charge in [0.15, 0.2) is 5.78 Å². The first kappa shape index (κ1) is 9.45. The normalized spacial score (nSPS) is 15.1. The second-order valence-corrected chi connectivity index (χ2v) is 4.89. The highest BCUT2D eigenvalue weighted by atomic mass is 127. The molecule has 68 valence electrons. The number of carbonyl (C=O) groups is 1. The number of fused-ring (bicyclic) bond motifs is 1. The molecule has 0 saturated carbocycles. The van der Waals surface area contributed by atoms with Crippen LogP contribution in [0.3, 0.4) is 0 Å². The molecule has 0 spiro atoms. The topological polar surface area (TPSA) is 26.3 Å². The summed E-state index contributed by atoms with van der Waals surface area (Å²) in [7, 11) is 0. The van der Waals surface area contributed by atoms with E-state index in [9.17, 15) is 4.79 Å². The molecule has 0 aliphatic carbocycles. The van der Waals surface area contributed by atoms with Crippen molar-refractivity contribution in [2.45, 2.75) is 6.42 Å². The van der Waals surface area contributed by atoms with E-state index >= 15 is 0 Å². The lowest BCUT2D eigenvalue weighted by Gasteiger charge is -2.16. The molecule has 1 aromatic rings. The molecule has 0 saturated heterocycles. The van der Waals surface area contributed by atoms with E-state index in [1.807, 2.05) is 12.1 Å². The molecule has 0 bridgehead atoms. The number of rotatable bonds is 0. The molecule has 0 atom stereocenters. The van der Waals surface area contributed by atoms with Crippen molar-refractivity contribution in [1.29, 1.82) is 0 Å². The number of halogens is 2. The number of carbonyl (C=O) groups excluding carboxylic acids is 1. The maximum absolute atomic E-state index is 11.1. The summed E-state index contributed by atoms with van der Waals surface area (Å²) in [5.41, 5.74) is 0.976. The third-order valence-corrected chi connectivity index (χ3v) is 4.17. The highest BCUT2D eigenvalue weighted by Crippen LogP contribution is 2.30. The molecule has 0 N–H and O–H groups in total. The Morgan fingerprint density at radius 1 is 1.46 bits per heavy atom. The molecule has 1 heterocycles. The molecule has 2 rings (SSSR count). The van der Waals surface area contributed by atoms with Crippen LogP contribution in [0.2, 0.25) is 0 Å². The number of Topliss-reactive ketones (excluding diaryl/α,β-unsaturated/α-hetero) is 1. The molecule has 1 aromatic carbocycles. The van der Waals surface area contributed by atoms with Gasteiger partial charge in [-0.05, 0) is 50.7 Å². The molecule has 0 fully saturated rings. The van der Waals surface area contributed by atoms with Crippen molar-refractivity contribution >= 4 is 44.3 Å². The second kappa shape index (κ2) is 3.57. The first-order valence-corrected chi connectivity index (χ1v) is 5.66. The fourth-order valence-electron chi connectivity index (χ4n) is 1.26. The van der Waals surface area contributed by atoms with Crippen molar-refractivity contribution in [3.8, 4) is 5.75 Å². The van der Waals surface area contributed by atoms with Gasteiger partial charge in [-0.1, -0.05) is 0 Å². The Balaban J connectivity index is 2.49. The predicted octanol–water partition coefficient (Wildman–Crippen LogP) is 2.56. The highest BCUT2D eigenvalue weighted by Gasteiger charge is 2.17. The Labute approximate surface area is 97.9 Å². The van der Waals surface area contributed by atoms with Crippen LogP contribution >= 0.6 is 38.5 Å². The van der Waals surface area contributed by atoms with Crippen LogP contribution in [-0.2, 0) is 11.2 Å². The van der Waals surface area contributed by atoms with Gasteiger partial charge in [-0.3, -0.25) is 4.79 Å². The van der Waals surface area contributed by atoms with E-state index in [1.165, 1.54) is 0 Å². The van der Waals surface area contributed by atoms with E-state index in [2.05, 4.69) is 38.5 Å². The van der Waals surface area contributed by atoms with E-state index in [-0.39, 0.29) is 12.4 Å². The molecular weight excluding hydrogens is 347 g/mol. The van der Waals surface area contributed by atoms with Crippen molar-refractivity contribution in [2.75, 3.05) is 6.61 Å². The van der Waals surface area contributed by atoms with Gasteiger partial charge in [0.1, 0.15) is 12.4 Å². The van der Waals surface area contributed by atoms with Gasteiger partial charge in [-0.2, -0.15) is 0 Å². The summed E-state index contributed by atoms with van der Waals surface area (Å²) in [5.74, 6) is 0.979. The van der Waals surface area contributed by atoms with E-state index in [1.54, 1.807) is 0 Å². The predicted molar refractivity (Wildman–Crippen MR) is 61.1 cm³/mol. The summed E-state index contributed by atoms with van der Waals surface area (Å²) < 4.78 is 7.42. The zero-order valence-electron chi connectivity index (χ0n) is 6.64. The Kier molecular flexibility index (Phi) is 2.60. The van der Waals surface area contributed by atoms with E-state index < -0.39 is 0 Å². The minimum atomic E-state index is 0.139. The summed E-state index contributed by atoms with van der Waals surface area (Å²) >= 11 is 5.64. The Bertz CT molecular complexity index is 376. The first-order chi connectivity index (χ1) is 6.16. The lowest BCUT2D eigenvalue weighted by atomic mass is 10.1. The van der Waals surface area contributed by atoms with E-state index in [4.69, 9.17) is 4.74 Å². The molecule has 0 amide bonds. The standard InChI is InChI=1S/C9H6BrIO2/c10-7-2-5-1-6(12)4-13-9(5)3-8(7)11/h2-3H,1,4H2. The van der Waals surface area contributed by atoms with Gasteiger partial charge in [0, 0.05) is 20.0 Å². The van der Waals surface area contributed by atoms with Gasteiger partial charge in [-0.25, -0.2) is 0 Å². The monoisotopic (exact) mass is 352 g/mol. The summed E-state index contributed by atoms with van der Waals surface area (Å²) in [5, 5.41) is 0. The van der Waals surface area contributed by atoms with Gasteiger partial charge in [0.25, 0.3) is 0 Å². The van der Waals surface area contributed by atoms with Crippen LogP contribution in [0.25, 0.3) is 0 Å². The molecular formula is C9H6BrIO2. The fourth-order valence-corrected chi connectivity index (χ4v) is 2.09. The van der Waals surface area contributed by atoms with Crippen LogP contribution in [0, 0.1) is 3.57 Å². The second-order valence-electron chi connectivity index (χ2n) is 2.88. The zero-order chi connectivity index (χ0) is 9.42. The maximum Gasteiger partial charge on any atom is 0.174 e. The number of ether oxygens (including phenoxy) is 1. The number of hydrogen-bond acceptors (Lipinski definition) is 2. The number of hydrogen-bond donors (Lipinski definition) is 0. The lowest BCUT2D eigenvalue weighted by Crippen LogP contribution is -2.20. The molecule has 13 heavy (non-hydrogen) atoms. The molecule has 0 radical (unpaired) electrons. The average Bonchev–Trinajstić information content (AvgIpc) is 2.08. The third kappa shape index (κ3) is 1.88. The number of ketones is 1. The summed E-state index contributed by atoms with van der Waals surface area (Å²) in [6.07, 6.45) is 0.491. The number of benzene rings is 1. The minimum Gasteiger partial charge on any atom is -0.485 e. The van der Waals surface area contributed by atoms with Crippen LogP contribution in [0.1, 0.15) is 5.56 Å². The largest absolute Gasteiger partial charge is 0.485 e. The molecule has 1 aliphatic rings. The van der Waals surface area contributed by atoms with E-state index in [0.717, 1.165) is 19.4 Å². The van der Waals surface area contributed by atoms with Crippen molar-refractivity contribution in [3.63, 3.8) is 0 Å². The Hall–Kier alpha value is -0.100. The van der Waals surface area contributed by atoms with Gasteiger partial charge >= 0.3 is 0 Å². The van der Waals surface area contributed by atoms with Gasteiger partial charge < -0.3 is 4.74 Å². The quantitative estimate of drug-likeness (QED) is 0.671. The maximum atomic E-state index is 11.1. The Morgan fingerprint density at radius 3 is 3.00 bits per heavy atom. The van der Waals surface area contributed by atoms with E-state index in [0.29, 0.717) is 6.42 Å².